The van der Waals surface area contributed by atoms with E-state index >= 15 is 0 Å². The van der Waals surface area contributed by atoms with Crippen molar-refractivity contribution in [2.24, 2.45) is 0 Å². The molecule has 0 N–H and O–H groups in total. The van der Waals surface area contributed by atoms with Crippen molar-refractivity contribution in [3.05, 3.63) is 46.8 Å². The highest BCUT2D eigenvalue weighted by Crippen LogP contribution is 2.40. The fraction of sp³-hybridized carbons (Fsp3) is 0.211. The van der Waals surface area contributed by atoms with Gasteiger partial charge < -0.3 is 23.4 Å². The van der Waals surface area contributed by atoms with Crippen molar-refractivity contribution in [1.82, 2.24) is 10.2 Å². The number of aromatic nitrogens is 2. The van der Waals surface area contributed by atoms with Gasteiger partial charge in [0.05, 0.1) is 38.0 Å². The van der Waals surface area contributed by atoms with E-state index in [1.807, 2.05) is 6.07 Å². The molecule has 3 aromatic rings. The van der Waals surface area contributed by atoms with Gasteiger partial charge in [-0.1, -0.05) is 11.6 Å². The summed E-state index contributed by atoms with van der Waals surface area (Å²) in [4.78, 5) is 0. The van der Waals surface area contributed by atoms with Gasteiger partial charge in [0.2, 0.25) is 11.6 Å². The fourth-order valence-corrected chi connectivity index (χ4v) is 2.70. The van der Waals surface area contributed by atoms with Crippen molar-refractivity contribution in [1.29, 1.82) is 5.26 Å². The van der Waals surface area contributed by atoms with Crippen molar-refractivity contribution < 1.29 is 23.4 Å². The summed E-state index contributed by atoms with van der Waals surface area (Å²) in [6.45, 7) is 0.0169. The van der Waals surface area contributed by atoms with Crippen LogP contribution < -0.4 is 18.9 Å². The first-order chi connectivity index (χ1) is 13.6. The number of rotatable bonds is 7. The molecule has 0 unspecified atom stereocenters. The molecule has 0 aliphatic heterocycles. The van der Waals surface area contributed by atoms with Crippen LogP contribution in [-0.2, 0) is 6.61 Å². The van der Waals surface area contributed by atoms with Gasteiger partial charge in [0.15, 0.2) is 18.1 Å². The molecule has 0 aliphatic carbocycles. The van der Waals surface area contributed by atoms with E-state index in [0.29, 0.717) is 39.1 Å². The van der Waals surface area contributed by atoms with Crippen molar-refractivity contribution in [2.75, 3.05) is 21.3 Å². The minimum Gasteiger partial charge on any atom is -0.493 e. The predicted molar refractivity (Wildman–Crippen MR) is 99.9 cm³/mol. The van der Waals surface area contributed by atoms with Gasteiger partial charge in [-0.2, -0.15) is 5.26 Å². The molecule has 0 radical (unpaired) electrons. The van der Waals surface area contributed by atoms with E-state index in [-0.39, 0.29) is 18.4 Å². The highest BCUT2D eigenvalue weighted by molar-refractivity contribution is 6.32. The van der Waals surface area contributed by atoms with E-state index in [4.69, 9.17) is 40.2 Å². The van der Waals surface area contributed by atoms with Gasteiger partial charge in [0.25, 0.3) is 5.89 Å². The third-order valence-corrected chi connectivity index (χ3v) is 4.09. The molecule has 0 saturated carbocycles. The summed E-state index contributed by atoms with van der Waals surface area (Å²) in [7, 11) is 4.57. The van der Waals surface area contributed by atoms with Gasteiger partial charge in [-0.3, -0.25) is 0 Å². The minimum atomic E-state index is 0.0169. The van der Waals surface area contributed by atoms with E-state index in [9.17, 15) is 0 Å². The number of nitriles is 1. The minimum absolute atomic E-state index is 0.0169. The summed E-state index contributed by atoms with van der Waals surface area (Å²) < 4.78 is 27.2. The van der Waals surface area contributed by atoms with Crippen molar-refractivity contribution in [2.45, 2.75) is 6.61 Å². The molecule has 9 heteroatoms. The molecule has 0 saturated heterocycles. The maximum absolute atomic E-state index is 8.87. The Bertz CT molecular complexity index is 1000. The number of nitrogens with zero attached hydrogens (tertiary/aromatic N) is 3. The second-order valence-electron chi connectivity index (χ2n) is 5.46. The number of halogens is 1. The lowest BCUT2D eigenvalue weighted by molar-refractivity contribution is 0.264. The SMILES string of the molecule is COc1cc(-c2nnc(COc3ccc(C#N)cc3Cl)o2)cc(OC)c1OC. The second-order valence-corrected chi connectivity index (χ2v) is 5.87. The van der Waals surface area contributed by atoms with E-state index in [1.165, 1.54) is 27.4 Å². The zero-order chi connectivity index (χ0) is 20.1. The van der Waals surface area contributed by atoms with E-state index in [2.05, 4.69) is 10.2 Å². The van der Waals surface area contributed by atoms with Crippen LogP contribution in [0.1, 0.15) is 11.5 Å². The van der Waals surface area contributed by atoms with Crippen LogP contribution in [0.5, 0.6) is 23.0 Å². The molecule has 0 amide bonds. The number of methoxy groups -OCH3 is 3. The average molecular weight is 402 g/mol. The number of hydrogen-bond acceptors (Lipinski definition) is 8. The lowest BCUT2D eigenvalue weighted by Crippen LogP contribution is -1.96. The number of ether oxygens (including phenoxy) is 4. The van der Waals surface area contributed by atoms with Crippen LogP contribution in [0.15, 0.2) is 34.7 Å². The van der Waals surface area contributed by atoms with Crippen LogP contribution in [0.25, 0.3) is 11.5 Å². The standard InChI is InChI=1S/C19H16ClN3O5/c1-24-15-7-12(8-16(25-2)18(15)26-3)19-23-22-17(28-19)10-27-14-5-4-11(9-21)6-13(14)20/h4-8H,10H2,1-3H3. The van der Waals surface area contributed by atoms with Gasteiger partial charge in [-0.05, 0) is 30.3 Å². The van der Waals surface area contributed by atoms with Crippen LogP contribution in [0.2, 0.25) is 5.02 Å². The molecular formula is C19H16ClN3O5. The van der Waals surface area contributed by atoms with Gasteiger partial charge in [0, 0.05) is 5.56 Å². The fourth-order valence-electron chi connectivity index (χ4n) is 2.46. The topological polar surface area (TPSA) is 99.6 Å². The van der Waals surface area contributed by atoms with Crippen LogP contribution in [-0.4, -0.2) is 31.5 Å². The van der Waals surface area contributed by atoms with Crippen LogP contribution in [0.3, 0.4) is 0 Å². The highest BCUT2D eigenvalue weighted by Gasteiger charge is 2.18. The van der Waals surface area contributed by atoms with Gasteiger partial charge in [-0.15, -0.1) is 10.2 Å². The normalized spacial score (nSPS) is 10.2. The Kier molecular flexibility index (Phi) is 5.87. The Hall–Kier alpha value is -3.44. The number of hydrogen-bond donors (Lipinski definition) is 0. The van der Waals surface area contributed by atoms with Crippen LogP contribution in [0, 0.1) is 11.3 Å². The molecule has 2 aromatic carbocycles. The van der Waals surface area contributed by atoms with E-state index < -0.39 is 0 Å². The Morgan fingerprint density at radius 1 is 1.00 bits per heavy atom. The van der Waals surface area contributed by atoms with Crippen molar-refractivity contribution in [3.8, 4) is 40.5 Å². The number of benzene rings is 2. The van der Waals surface area contributed by atoms with Crippen LogP contribution in [0.4, 0.5) is 0 Å². The Morgan fingerprint density at radius 3 is 2.29 bits per heavy atom. The van der Waals surface area contributed by atoms with E-state index in [0.717, 1.165) is 0 Å². The van der Waals surface area contributed by atoms with Gasteiger partial charge >= 0.3 is 0 Å². The summed E-state index contributed by atoms with van der Waals surface area (Å²) in [6.07, 6.45) is 0. The largest absolute Gasteiger partial charge is 0.493 e. The zero-order valence-corrected chi connectivity index (χ0v) is 16.1. The maximum atomic E-state index is 8.87. The van der Waals surface area contributed by atoms with Gasteiger partial charge in [-0.25, -0.2) is 0 Å². The van der Waals surface area contributed by atoms with E-state index in [1.54, 1.807) is 24.3 Å². The molecule has 144 valence electrons. The zero-order valence-electron chi connectivity index (χ0n) is 15.4. The van der Waals surface area contributed by atoms with Crippen molar-refractivity contribution in [3.63, 3.8) is 0 Å². The van der Waals surface area contributed by atoms with Crippen molar-refractivity contribution >= 4 is 11.6 Å². The second kappa shape index (κ2) is 8.50. The molecule has 0 aliphatic rings. The Morgan fingerprint density at radius 2 is 1.71 bits per heavy atom. The lowest BCUT2D eigenvalue weighted by Gasteiger charge is -2.12. The molecule has 1 heterocycles. The quantitative estimate of drug-likeness (QED) is 0.588. The first-order valence-electron chi connectivity index (χ1n) is 8.04. The summed E-state index contributed by atoms with van der Waals surface area (Å²) in [5, 5.41) is 17.2. The molecule has 0 fully saturated rings. The highest BCUT2D eigenvalue weighted by atomic mass is 35.5. The first kappa shape index (κ1) is 19.3. The summed E-state index contributed by atoms with van der Waals surface area (Å²) in [5.74, 6) is 2.34. The molecule has 0 atom stereocenters. The smallest absolute Gasteiger partial charge is 0.254 e. The summed E-state index contributed by atoms with van der Waals surface area (Å²) in [5.41, 5.74) is 1.05. The third-order valence-electron chi connectivity index (χ3n) is 3.79. The third kappa shape index (κ3) is 3.94. The molecule has 0 bridgehead atoms. The molecule has 28 heavy (non-hydrogen) atoms. The molecule has 3 rings (SSSR count). The van der Waals surface area contributed by atoms with Crippen LogP contribution >= 0.6 is 11.6 Å². The average Bonchev–Trinajstić information content (AvgIpc) is 3.20. The predicted octanol–water partition coefficient (Wildman–Crippen LogP) is 3.87. The summed E-state index contributed by atoms with van der Waals surface area (Å²) >= 11 is 6.09. The molecular weight excluding hydrogens is 386 g/mol. The lowest BCUT2D eigenvalue weighted by atomic mass is 10.2. The first-order valence-corrected chi connectivity index (χ1v) is 8.42. The Balaban J connectivity index is 1.80. The Labute approximate surface area is 166 Å². The molecule has 1 aromatic heterocycles. The maximum Gasteiger partial charge on any atom is 0.254 e. The van der Waals surface area contributed by atoms with Gasteiger partial charge in [0.1, 0.15) is 5.75 Å². The molecule has 8 nitrogen and oxygen atoms in total. The monoisotopic (exact) mass is 401 g/mol. The summed E-state index contributed by atoms with van der Waals surface area (Å²) in [6, 6.07) is 10.2. The molecule has 0 spiro atoms.